The van der Waals surface area contributed by atoms with Crippen LogP contribution >= 0.6 is 0 Å². The van der Waals surface area contributed by atoms with Gasteiger partial charge in [-0.2, -0.15) is 0 Å². The maximum atomic E-state index is 12.4. The SMILES string of the molecule is CC(C)(C)OC(=O)NC(C=O)(CO[Si](C)(C)C(C)(C)C)Cc1ccccc1. The number of alkyl carbamates (subject to hydrolysis) is 1. The summed E-state index contributed by atoms with van der Waals surface area (Å²) in [6.07, 6.45) is 0.492. The Balaban J connectivity index is 3.09. The van der Waals surface area contributed by atoms with E-state index in [4.69, 9.17) is 9.16 Å². The standard InChI is InChI=1S/C21H35NO4Si/c1-19(2,3)26-18(24)22-21(15-23,14-17-12-10-9-11-13-17)16-25-27(7,8)20(4,5)6/h9-13,15H,14,16H2,1-8H3,(H,22,24). The Morgan fingerprint density at radius 3 is 2.07 bits per heavy atom. The molecule has 0 aliphatic carbocycles. The van der Waals surface area contributed by atoms with Gasteiger partial charge in [0.25, 0.3) is 0 Å². The van der Waals surface area contributed by atoms with Gasteiger partial charge in [0.1, 0.15) is 17.4 Å². The maximum absolute atomic E-state index is 12.4. The first-order valence-corrected chi connectivity index (χ1v) is 12.3. The molecule has 1 amide bonds. The minimum atomic E-state index is -2.10. The number of carbonyl (C=O) groups excluding carboxylic acids is 2. The number of benzene rings is 1. The van der Waals surface area contributed by atoms with Crippen LogP contribution in [0.3, 0.4) is 0 Å². The van der Waals surface area contributed by atoms with Gasteiger partial charge in [0.2, 0.25) is 0 Å². The lowest BCUT2D eigenvalue weighted by molar-refractivity contribution is -0.114. The second kappa shape index (κ2) is 8.57. The number of hydrogen-bond acceptors (Lipinski definition) is 4. The third kappa shape index (κ3) is 7.46. The van der Waals surface area contributed by atoms with Crippen molar-refractivity contribution in [1.29, 1.82) is 0 Å². The lowest BCUT2D eigenvalue weighted by Gasteiger charge is -2.39. The van der Waals surface area contributed by atoms with Gasteiger partial charge in [0, 0.05) is 6.42 Å². The first-order chi connectivity index (χ1) is 12.2. The average Bonchev–Trinajstić information content (AvgIpc) is 2.51. The molecule has 0 saturated carbocycles. The number of carbonyl (C=O) groups is 2. The summed E-state index contributed by atoms with van der Waals surface area (Å²) in [5.41, 5.74) is -0.884. The molecular formula is C21H35NO4Si. The van der Waals surface area contributed by atoms with Crippen LogP contribution in [-0.4, -0.2) is 38.4 Å². The number of aldehydes is 1. The normalized spacial score (nSPS) is 15.0. The molecule has 0 radical (unpaired) electrons. The average molecular weight is 394 g/mol. The number of rotatable bonds is 7. The first-order valence-electron chi connectivity index (χ1n) is 9.35. The molecule has 1 aromatic rings. The van der Waals surface area contributed by atoms with E-state index in [-0.39, 0.29) is 11.6 Å². The van der Waals surface area contributed by atoms with E-state index in [0.717, 1.165) is 11.8 Å². The van der Waals surface area contributed by atoms with Crippen molar-refractivity contribution in [3.8, 4) is 0 Å². The van der Waals surface area contributed by atoms with Crippen molar-refractivity contribution in [2.45, 2.75) is 77.2 Å². The summed E-state index contributed by atoms with van der Waals surface area (Å²) in [6, 6.07) is 9.60. The molecule has 6 heteroatoms. The molecule has 0 fully saturated rings. The smallest absolute Gasteiger partial charge is 0.408 e. The highest BCUT2D eigenvalue weighted by molar-refractivity contribution is 6.74. The van der Waals surface area contributed by atoms with Gasteiger partial charge < -0.3 is 19.3 Å². The van der Waals surface area contributed by atoms with Gasteiger partial charge in [-0.1, -0.05) is 51.1 Å². The van der Waals surface area contributed by atoms with E-state index in [9.17, 15) is 9.59 Å². The highest BCUT2D eigenvalue weighted by Gasteiger charge is 2.41. The van der Waals surface area contributed by atoms with Gasteiger partial charge in [-0.3, -0.25) is 0 Å². The molecule has 0 heterocycles. The second-order valence-corrected chi connectivity index (χ2v) is 14.4. The van der Waals surface area contributed by atoms with Crippen molar-refractivity contribution in [2.24, 2.45) is 0 Å². The molecule has 0 aliphatic heterocycles. The van der Waals surface area contributed by atoms with E-state index < -0.39 is 25.6 Å². The predicted octanol–water partition coefficient (Wildman–Crippen LogP) is 4.71. The molecule has 0 aromatic heterocycles. The van der Waals surface area contributed by atoms with Crippen molar-refractivity contribution in [2.75, 3.05) is 6.61 Å². The van der Waals surface area contributed by atoms with Crippen LogP contribution < -0.4 is 5.32 Å². The number of nitrogens with one attached hydrogen (secondary N) is 1. The van der Waals surface area contributed by atoms with Gasteiger partial charge in [-0.05, 0) is 44.5 Å². The molecule has 152 valence electrons. The number of hydrogen-bond donors (Lipinski definition) is 1. The van der Waals surface area contributed by atoms with E-state index >= 15 is 0 Å². The maximum Gasteiger partial charge on any atom is 0.408 e. The van der Waals surface area contributed by atoms with Gasteiger partial charge in [-0.15, -0.1) is 0 Å². The molecule has 1 rings (SSSR count). The molecule has 0 aliphatic rings. The Hall–Kier alpha value is -1.66. The lowest BCUT2D eigenvalue weighted by Crippen LogP contribution is -2.58. The predicted molar refractivity (Wildman–Crippen MR) is 111 cm³/mol. The topological polar surface area (TPSA) is 64.6 Å². The summed E-state index contributed by atoms with van der Waals surface area (Å²) in [5.74, 6) is 0. The molecule has 1 N–H and O–H groups in total. The molecule has 0 saturated heterocycles. The zero-order valence-corrected chi connectivity index (χ0v) is 19.0. The van der Waals surface area contributed by atoms with E-state index in [1.54, 1.807) is 20.8 Å². The fourth-order valence-electron chi connectivity index (χ4n) is 2.23. The van der Waals surface area contributed by atoms with Crippen LogP contribution in [0.2, 0.25) is 18.1 Å². The van der Waals surface area contributed by atoms with E-state index in [1.165, 1.54) is 0 Å². The Morgan fingerprint density at radius 2 is 1.63 bits per heavy atom. The molecule has 0 spiro atoms. The quantitative estimate of drug-likeness (QED) is 0.538. The van der Waals surface area contributed by atoms with Crippen LogP contribution in [-0.2, 0) is 20.4 Å². The van der Waals surface area contributed by atoms with Crippen molar-refractivity contribution in [1.82, 2.24) is 5.32 Å². The van der Waals surface area contributed by atoms with Gasteiger partial charge >= 0.3 is 6.09 Å². The zero-order chi connectivity index (χ0) is 20.9. The third-order valence-electron chi connectivity index (χ3n) is 4.83. The molecule has 0 bridgehead atoms. The lowest BCUT2D eigenvalue weighted by atomic mass is 9.93. The van der Waals surface area contributed by atoms with Crippen molar-refractivity contribution >= 4 is 20.7 Å². The minimum absolute atomic E-state index is 0.000287. The van der Waals surface area contributed by atoms with Gasteiger partial charge in [0.15, 0.2) is 8.32 Å². The monoisotopic (exact) mass is 393 g/mol. The number of ether oxygens (including phenoxy) is 1. The van der Waals surface area contributed by atoms with Gasteiger partial charge in [0.05, 0.1) is 6.61 Å². The number of amides is 1. The summed E-state index contributed by atoms with van der Waals surface area (Å²) in [6.45, 7) is 16.1. The largest absolute Gasteiger partial charge is 0.444 e. The van der Waals surface area contributed by atoms with Crippen LogP contribution in [0.5, 0.6) is 0 Å². The van der Waals surface area contributed by atoms with Crippen LogP contribution in [0.4, 0.5) is 4.79 Å². The second-order valence-electron chi connectivity index (χ2n) is 9.61. The molecule has 27 heavy (non-hydrogen) atoms. The Bertz CT molecular complexity index is 632. The molecule has 5 nitrogen and oxygen atoms in total. The first kappa shape index (κ1) is 23.4. The van der Waals surface area contributed by atoms with E-state index in [0.29, 0.717) is 6.42 Å². The summed E-state index contributed by atoms with van der Waals surface area (Å²) in [7, 11) is -2.10. The van der Waals surface area contributed by atoms with Crippen molar-refractivity contribution < 1.29 is 18.8 Å². The Kier molecular flexibility index (Phi) is 7.42. The van der Waals surface area contributed by atoms with Crippen LogP contribution in [0, 0.1) is 0 Å². The molecule has 1 aromatic carbocycles. The van der Waals surface area contributed by atoms with Crippen molar-refractivity contribution in [3.05, 3.63) is 35.9 Å². The summed E-state index contributed by atoms with van der Waals surface area (Å²) >= 11 is 0. The summed E-state index contributed by atoms with van der Waals surface area (Å²) < 4.78 is 11.7. The highest BCUT2D eigenvalue weighted by Crippen LogP contribution is 2.37. The summed E-state index contributed by atoms with van der Waals surface area (Å²) in [4.78, 5) is 24.6. The molecular weight excluding hydrogens is 358 g/mol. The minimum Gasteiger partial charge on any atom is -0.444 e. The van der Waals surface area contributed by atoms with Gasteiger partial charge in [-0.25, -0.2) is 4.79 Å². The zero-order valence-electron chi connectivity index (χ0n) is 18.0. The van der Waals surface area contributed by atoms with E-state index in [2.05, 4.69) is 39.2 Å². The summed E-state index contributed by atoms with van der Waals surface area (Å²) in [5, 5.41) is 2.78. The fourth-order valence-corrected chi connectivity index (χ4v) is 3.28. The highest BCUT2D eigenvalue weighted by atomic mass is 28.4. The fraction of sp³-hybridized carbons (Fsp3) is 0.619. The van der Waals surface area contributed by atoms with E-state index in [1.807, 2.05) is 30.3 Å². The molecule has 1 unspecified atom stereocenters. The molecule has 1 atom stereocenters. The van der Waals surface area contributed by atoms with Crippen LogP contribution in [0.25, 0.3) is 0 Å². The Labute approximate surface area is 165 Å². The Morgan fingerprint density at radius 1 is 1.07 bits per heavy atom. The third-order valence-corrected chi connectivity index (χ3v) is 9.31. The van der Waals surface area contributed by atoms with Crippen molar-refractivity contribution in [3.63, 3.8) is 0 Å². The van der Waals surface area contributed by atoms with Crippen LogP contribution in [0.1, 0.15) is 47.1 Å². The van der Waals surface area contributed by atoms with Crippen LogP contribution in [0.15, 0.2) is 30.3 Å².